The Balaban J connectivity index is 1.53. The molecule has 3 rings (SSSR count). The molecule has 170 valence electrons. The van der Waals surface area contributed by atoms with Gasteiger partial charge in [-0.05, 0) is 68.0 Å². The van der Waals surface area contributed by atoms with E-state index in [1.54, 1.807) is 48.5 Å². The zero-order valence-corrected chi connectivity index (χ0v) is 19.4. The molecule has 0 saturated carbocycles. The molecule has 0 unspecified atom stereocenters. The Labute approximate surface area is 199 Å². The lowest BCUT2D eigenvalue weighted by Gasteiger charge is -2.15. The molecule has 0 aliphatic heterocycles. The second-order valence-corrected chi connectivity index (χ2v) is 8.10. The maximum absolute atomic E-state index is 12.6. The van der Waals surface area contributed by atoms with Crippen LogP contribution in [0.3, 0.4) is 0 Å². The molecule has 0 aromatic heterocycles. The first-order chi connectivity index (χ1) is 15.9. The van der Waals surface area contributed by atoms with Crippen molar-refractivity contribution >= 4 is 34.8 Å². The SMILES string of the molecule is CC(C)NC(=O)c1ccccc1NC(=S)NC(=O)c1ccc(OCCc2ccccc2)cc1. The predicted molar refractivity (Wildman–Crippen MR) is 135 cm³/mol. The lowest BCUT2D eigenvalue weighted by Crippen LogP contribution is -2.35. The molecule has 0 heterocycles. The molecule has 0 aliphatic carbocycles. The summed E-state index contributed by atoms with van der Waals surface area (Å²) in [4.78, 5) is 25.0. The van der Waals surface area contributed by atoms with E-state index in [-0.39, 0.29) is 23.0 Å². The van der Waals surface area contributed by atoms with Crippen LogP contribution in [0.4, 0.5) is 5.69 Å². The standard InChI is InChI=1S/C26H27N3O3S/c1-18(2)27-25(31)22-10-6-7-11-23(22)28-26(33)29-24(30)20-12-14-21(15-13-20)32-17-16-19-8-4-3-5-9-19/h3-15,18H,16-17H2,1-2H3,(H,27,31)(H2,28,29,30,33). The van der Waals surface area contributed by atoms with Crippen LogP contribution in [0.2, 0.25) is 0 Å². The molecule has 3 aromatic carbocycles. The molecule has 0 aliphatic rings. The first-order valence-corrected chi connectivity index (χ1v) is 11.1. The summed E-state index contributed by atoms with van der Waals surface area (Å²) in [6.07, 6.45) is 0.805. The molecule has 6 nitrogen and oxygen atoms in total. The number of thiocarbonyl (C=S) groups is 1. The highest BCUT2D eigenvalue weighted by Crippen LogP contribution is 2.16. The number of nitrogens with one attached hydrogen (secondary N) is 3. The molecule has 0 radical (unpaired) electrons. The van der Waals surface area contributed by atoms with Crippen molar-refractivity contribution in [2.45, 2.75) is 26.3 Å². The molecule has 0 fully saturated rings. The Hall–Kier alpha value is -3.71. The minimum absolute atomic E-state index is 0.00232. The lowest BCUT2D eigenvalue weighted by molar-refractivity contribution is 0.0942. The normalized spacial score (nSPS) is 10.4. The van der Waals surface area contributed by atoms with E-state index < -0.39 is 0 Å². The summed E-state index contributed by atoms with van der Waals surface area (Å²) in [5, 5.41) is 8.53. The van der Waals surface area contributed by atoms with Crippen LogP contribution in [0.25, 0.3) is 0 Å². The molecule has 3 N–H and O–H groups in total. The molecule has 0 atom stereocenters. The maximum Gasteiger partial charge on any atom is 0.257 e. The fourth-order valence-electron chi connectivity index (χ4n) is 3.09. The van der Waals surface area contributed by atoms with E-state index in [1.807, 2.05) is 32.0 Å². The largest absolute Gasteiger partial charge is 0.493 e. The minimum Gasteiger partial charge on any atom is -0.493 e. The van der Waals surface area contributed by atoms with Gasteiger partial charge in [-0.25, -0.2) is 0 Å². The number of anilines is 1. The van der Waals surface area contributed by atoms with E-state index in [1.165, 1.54) is 5.56 Å². The van der Waals surface area contributed by atoms with Gasteiger partial charge in [0.2, 0.25) is 0 Å². The molecule has 7 heteroatoms. The number of hydrogen-bond donors (Lipinski definition) is 3. The Kier molecular flexibility index (Phi) is 8.55. The van der Waals surface area contributed by atoms with Crippen molar-refractivity contribution in [1.82, 2.24) is 10.6 Å². The zero-order chi connectivity index (χ0) is 23.6. The van der Waals surface area contributed by atoms with Gasteiger partial charge in [0.15, 0.2) is 5.11 Å². The van der Waals surface area contributed by atoms with E-state index in [0.717, 1.165) is 6.42 Å². The summed E-state index contributed by atoms with van der Waals surface area (Å²) in [7, 11) is 0. The van der Waals surface area contributed by atoms with E-state index in [0.29, 0.717) is 29.2 Å². The smallest absolute Gasteiger partial charge is 0.257 e. The van der Waals surface area contributed by atoms with Crippen LogP contribution in [-0.2, 0) is 6.42 Å². The highest BCUT2D eigenvalue weighted by Gasteiger charge is 2.14. The predicted octanol–water partition coefficient (Wildman–Crippen LogP) is 4.57. The molecule has 33 heavy (non-hydrogen) atoms. The minimum atomic E-state index is -0.354. The molecular weight excluding hydrogens is 434 g/mol. The summed E-state index contributed by atoms with van der Waals surface area (Å²) in [6, 6.07) is 24.0. The third-order valence-corrected chi connectivity index (χ3v) is 4.89. The van der Waals surface area contributed by atoms with E-state index in [9.17, 15) is 9.59 Å². The Bertz CT molecular complexity index is 1100. The number of amides is 2. The van der Waals surface area contributed by atoms with Crippen molar-refractivity contribution < 1.29 is 14.3 Å². The maximum atomic E-state index is 12.6. The average Bonchev–Trinajstić information content (AvgIpc) is 2.80. The molecule has 0 spiro atoms. The summed E-state index contributed by atoms with van der Waals surface area (Å²) in [5.74, 6) is 0.116. The lowest BCUT2D eigenvalue weighted by atomic mass is 10.1. The van der Waals surface area contributed by atoms with Crippen molar-refractivity contribution in [1.29, 1.82) is 0 Å². The zero-order valence-electron chi connectivity index (χ0n) is 18.6. The van der Waals surface area contributed by atoms with Gasteiger partial charge in [0.05, 0.1) is 17.9 Å². The monoisotopic (exact) mass is 461 g/mol. The average molecular weight is 462 g/mol. The van der Waals surface area contributed by atoms with Gasteiger partial charge in [-0.3, -0.25) is 14.9 Å². The van der Waals surface area contributed by atoms with E-state index in [2.05, 4.69) is 28.1 Å². The van der Waals surface area contributed by atoms with Gasteiger partial charge in [0, 0.05) is 18.0 Å². The Morgan fingerprint density at radius 3 is 2.24 bits per heavy atom. The van der Waals surface area contributed by atoms with Crippen LogP contribution in [0, 0.1) is 0 Å². The van der Waals surface area contributed by atoms with Crippen molar-refractivity contribution in [3.8, 4) is 5.75 Å². The number of hydrogen-bond acceptors (Lipinski definition) is 4. The molecule has 3 aromatic rings. The summed E-state index contributed by atoms with van der Waals surface area (Å²) in [6.45, 7) is 4.32. The van der Waals surface area contributed by atoms with Crippen LogP contribution in [0.15, 0.2) is 78.9 Å². The second kappa shape index (κ2) is 11.8. The summed E-state index contributed by atoms with van der Waals surface area (Å²) < 4.78 is 5.76. The quantitative estimate of drug-likeness (QED) is 0.428. The van der Waals surface area contributed by atoms with Crippen LogP contribution < -0.4 is 20.7 Å². The molecular formula is C26H27N3O3S. The summed E-state index contributed by atoms with van der Waals surface area (Å²) in [5.41, 5.74) is 2.61. The number of benzene rings is 3. The first-order valence-electron chi connectivity index (χ1n) is 10.7. The van der Waals surface area contributed by atoms with Crippen molar-refractivity contribution in [2.24, 2.45) is 0 Å². The molecule has 2 amide bonds. The Morgan fingerprint density at radius 2 is 1.55 bits per heavy atom. The van der Waals surface area contributed by atoms with Crippen LogP contribution in [0.5, 0.6) is 5.75 Å². The summed E-state index contributed by atoms with van der Waals surface area (Å²) >= 11 is 5.28. The highest BCUT2D eigenvalue weighted by atomic mass is 32.1. The van der Waals surface area contributed by atoms with Crippen LogP contribution in [0.1, 0.15) is 40.1 Å². The van der Waals surface area contributed by atoms with Gasteiger partial charge in [-0.2, -0.15) is 0 Å². The van der Waals surface area contributed by atoms with E-state index >= 15 is 0 Å². The molecule has 0 bridgehead atoms. The molecule has 0 saturated heterocycles. The van der Waals surface area contributed by atoms with Gasteiger partial charge < -0.3 is 15.4 Å². The van der Waals surface area contributed by atoms with Crippen molar-refractivity contribution in [3.05, 3.63) is 95.6 Å². The number of para-hydroxylation sites is 1. The fourth-order valence-corrected chi connectivity index (χ4v) is 3.30. The van der Waals surface area contributed by atoms with Gasteiger partial charge in [0.1, 0.15) is 5.75 Å². The van der Waals surface area contributed by atoms with Crippen molar-refractivity contribution in [3.63, 3.8) is 0 Å². The third-order valence-electron chi connectivity index (χ3n) is 4.69. The Morgan fingerprint density at radius 1 is 0.879 bits per heavy atom. The third kappa shape index (κ3) is 7.43. The van der Waals surface area contributed by atoms with Gasteiger partial charge in [-0.1, -0.05) is 42.5 Å². The van der Waals surface area contributed by atoms with Crippen LogP contribution >= 0.6 is 12.2 Å². The first kappa shape index (κ1) is 23.9. The number of carbonyl (C=O) groups excluding carboxylic acids is 2. The van der Waals surface area contributed by atoms with Gasteiger partial charge in [-0.15, -0.1) is 0 Å². The number of carbonyl (C=O) groups is 2. The van der Waals surface area contributed by atoms with Gasteiger partial charge in [0.25, 0.3) is 11.8 Å². The highest BCUT2D eigenvalue weighted by molar-refractivity contribution is 7.80. The van der Waals surface area contributed by atoms with Crippen molar-refractivity contribution in [2.75, 3.05) is 11.9 Å². The van der Waals surface area contributed by atoms with Gasteiger partial charge >= 0.3 is 0 Å². The second-order valence-electron chi connectivity index (χ2n) is 7.69. The number of ether oxygens (including phenoxy) is 1. The topological polar surface area (TPSA) is 79.5 Å². The number of rotatable bonds is 8. The van der Waals surface area contributed by atoms with E-state index in [4.69, 9.17) is 17.0 Å². The van der Waals surface area contributed by atoms with Crippen LogP contribution in [-0.4, -0.2) is 29.6 Å². The fraction of sp³-hybridized carbons (Fsp3) is 0.192.